The fourth-order valence-electron chi connectivity index (χ4n) is 2.34. The molecule has 1 nitrogen and oxygen atoms in total. The largest absolute Gasteiger partial charge is 0.507 e. The van der Waals surface area contributed by atoms with Gasteiger partial charge in [-0.1, -0.05) is 96.2 Å². The van der Waals surface area contributed by atoms with Crippen molar-refractivity contribution in [1.29, 1.82) is 0 Å². The molecule has 0 saturated carbocycles. The van der Waals surface area contributed by atoms with Crippen LogP contribution in [0.3, 0.4) is 0 Å². The number of allylic oxidation sites excluding steroid dienone is 8. The molecule has 0 radical (unpaired) electrons. The third-order valence-corrected chi connectivity index (χ3v) is 3.31. The molecule has 1 aliphatic rings. The van der Waals surface area contributed by atoms with E-state index >= 15 is 0 Å². The second kappa shape index (κ2) is 16.8. The Morgan fingerprint density at radius 1 is 0.960 bits per heavy atom. The van der Waals surface area contributed by atoms with E-state index in [-0.39, 0.29) is 0 Å². The maximum Gasteiger partial charge on any atom is 0.131 e. The minimum atomic E-state index is 0.367. The van der Waals surface area contributed by atoms with Gasteiger partial charge in [-0.15, -0.1) is 0 Å². The van der Waals surface area contributed by atoms with Crippen LogP contribution in [0.25, 0.3) is 11.1 Å². The summed E-state index contributed by atoms with van der Waals surface area (Å²) in [6, 6.07) is 5.94. The van der Waals surface area contributed by atoms with Crippen LogP contribution in [0.1, 0.15) is 79.4 Å². The third kappa shape index (κ3) is 8.07. The Bertz CT molecular complexity index is 550. The van der Waals surface area contributed by atoms with Crippen molar-refractivity contribution in [1.82, 2.24) is 0 Å². The van der Waals surface area contributed by atoms with Gasteiger partial charge in [0, 0.05) is 11.1 Å². The average Bonchev–Trinajstić information content (AvgIpc) is 2.72. The molecule has 0 unspecified atom stereocenters. The maximum absolute atomic E-state index is 10.5. The fraction of sp³-hybridized carbons (Fsp3) is 0.417. The van der Waals surface area contributed by atoms with Gasteiger partial charge < -0.3 is 5.11 Å². The van der Waals surface area contributed by atoms with Crippen molar-refractivity contribution in [3.8, 4) is 5.75 Å². The molecule has 0 saturated heterocycles. The van der Waals surface area contributed by atoms with Gasteiger partial charge in [-0.05, 0) is 37.8 Å². The number of hydrogen-bond acceptors (Lipinski definition) is 1. The number of phenols is 1. The molecule has 25 heavy (non-hydrogen) atoms. The lowest BCUT2D eigenvalue weighted by molar-refractivity contribution is 0.472. The molecule has 1 aromatic rings. The zero-order valence-electron chi connectivity index (χ0n) is 17.6. The van der Waals surface area contributed by atoms with E-state index in [0.29, 0.717) is 5.75 Å². The summed E-state index contributed by atoms with van der Waals surface area (Å²) in [5.41, 5.74) is 3.96. The van der Waals surface area contributed by atoms with Crippen LogP contribution in [0, 0.1) is 0 Å². The fourth-order valence-corrected chi connectivity index (χ4v) is 2.34. The summed E-state index contributed by atoms with van der Waals surface area (Å²) in [5.74, 6) is 0.367. The highest BCUT2D eigenvalue weighted by Gasteiger charge is 2.11. The number of phenolic OH excluding ortho intramolecular Hbond substituents is 1. The number of hydrogen-bond donors (Lipinski definition) is 1. The highest BCUT2D eigenvalue weighted by molar-refractivity contribution is 5.85. The third-order valence-electron chi connectivity index (χ3n) is 3.31. The Kier molecular flexibility index (Phi) is 17.0. The van der Waals surface area contributed by atoms with Gasteiger partial charge in [0.05, 0.1) is 0 Å². The van der Waals surface area contributed by atoms with Crippen molar-refractivity contribution >= 4 is 11.1 Å². The molecule has 2 rings (SSSR count). The second-order valence-corrected chi connectivity index (χ2v) is 4.58. The molecule has 1 heteroatoms. The molecule has 0 atom stereocenters. The molecule has 0 bridgehead atoms. The van der Waals surface area contributed by atoms with E-state index in [1.165, 1.54) is 0 Å². The monoisotopic (exact) mass is 342 g/mol. The first kappa shape index (κ1) is 25.2. The van der Waals surface area contributed by atoms with Crippen LogP contribution in [-0.4, -0.2) is 5.11 Å². The van der Waals surface area contributed by atoms with Crippen molar-refractivity contribution in [2.75, 3.05) is 0 Å². The first-order valence-electron chi connectivity index (χ1n) is 9.76. The smallest absolute Gasteiger partial charge is 0.131 e. The maximum atomic E-state index is 10.5. The Hall–Kier alpha value is -2.02. The minimum Gasteiger partial charge on any atom is -0.507 e. The SMILES string of the molecule is C/C=C\C(=C/C)c1cccc(C2=CCCC=C2)c1O.CC.CC.CC. The Morgan fingerprint density at radius 3 is 2.08 bits per heavy atom. The molecule has 0 aromatic heterocycles. The van der Waals surface area contributed by atoms with Crippen molar-refractivity contribution in [2.45, 2.75) is 68.2 Å². The first-order chi connectivity index (χ1) is 12.3. The number of aromatic hydroxyl groups is 1. The van der Waals surface area contributed by atoms with Crippen LogP contribution >= 0.6 is 0 Å². The predicted octanol–water partition coefficient (Wildman–Crippen LogP) is 8.18. The summed E-state index contributed by atoms with van der Waals surface area (Å²) in [5, 5.41) is 10.5. The molecule has 0 amide bonds. The van der Waals surface area contributed by atoms with Crippen LogP contribution < -0.4 is 0 Å². The summed E-state index contributed by atoms with van der Waals surface area (Å²) in [7, 11) is 0. The normalized spacial score (nSPS) is 12.8. The van der Waals surface area contributed by atoms with Crippen LogP contribution in [-0.2, 0) is 0 Å². The summed E-state index contributed by atoms with van der Waals surface area (Å²) in [6.07, 6.45) is 14.6. The van der Waals surface area contributed by atoms with Gasteiger partial charge in [-0.3, -0.25) is 0 Å². The van der Waals surface area contributed by atoms with Gasteiger partial charge >= 0.3 is 0 Å². The predicted molar refractivity (Wildman–Crippen MR) is 117 cm³/mol. The summed E-state index contributed by atoms with van der Waals surface area (Å²) < 4.78 is 0. The van der Waals surface area contributed by atoms with Gasteiger partial charge in [-0.2, -0.15) is 0 Å². The van der Waals surface area contributed by atoms with Crippen LogP contribution in [0.5, 0.6) is 5.75 Å². The average molecular weight is 343 g/mol. The second-order valence-electron chi connectivity index (χ2n) is 4.58. The van der Waals surface area contributed by atoms with E-state index in [0.717, 1.165) is 35.1 Å². The van der Waals surface area contributed by atoms with Crippen LogP contribution in [0.15, 0.2) is 54.7 Å². The van der Waals surface area contributed by atoms with E-state index in [4.69, 9.17) is 0 Å². The van der Waals surface area contributed by atoms with Gasteiger partial charge in [0.2, 0.25) is 0 Å². The van der Waals surface area contributed by atoms with Gasteiger partial charge in [0.1, 0.15) is 5.75 Å². The van der Waals surface area contributed by atoms with Crippen molar-refractivity contribution in [2.24, 2.45) is 0 Å². The highest BCUT2D eigenvalue weighted by Crippen LogP contribution is 2.35. The molecule has 1 aromatic carbocycles. The topological polar surface area (TPSA) is 20.2 Å². The molecule has 0 aliphatic heterocycles. The van der Waals surface area contributed by atoms with E-state index in [9.17, 15) is 5.11 Å². The summed E-state index contributed by atoms with van der Waals surface area (Å²) in [6.45, 7) is 16.0. The number of rotatable bonds is 3. The summed E-state index contributed by atoms with van der Waals surface area (Å²) in [4.78, 5) is 0. The van der Waals surface area contributed by atoms with Crippen molar-refractivity contribution in [3.05, 3.63) is 65.8 Å². The lowest BCUT2D eigenvalue weighted by Crippen LogP contribution is -1.91. The molecule has 0 spiro atoms. The molecule has 1 N–H and O–H groups in total. The first-order valence-corrected chi connectivity index (χ1v) is 9.76. The Labute approximate surface area is 156 Å². The Balaban J connectivity index is 0. The Morgan fingerprint density at radius 2 is 1.60 bits per heavy atom. The zero-order chi connectivity index (χ0) is 19.7. The van der Waals surface area contributed by atoms with E-state index in [2.05, 4.69) is 18.2 Å². The lowest BCUT2D eigenvalue weighted by atomic mass is 9.94. The van der Waals surface area contributed by atoms with Crippen LogP contribution in [0.2, 0.25) is 0 Å². The minimum absolute atomic E-state index is 0.367. The quantitative estimate of drug-likeness (QED) is 0.549. The highest BCUT2D eigenvalue weighted by atomic mass is 16.3. The zero-order valence-corrected chi connectivity index (χ0v) is 17.6. The van der Waals surface area contributed by atoms with Crippen molar-refractivity contribution in [3.63, 3.8) is 0 Å². The van der Waals surface area contributed by atoms with Crippen molar-refractivity contribution < 1.29 is 5.11 Å². The van der Waals surface area contributed by atoms with Gasteiger partial charge in [0.25, 0.3) is 0 Å². The lowest BCUT2D eigenvalue weighted by Gasteiger charge is -2.13. The molecule has 0 heterocycles. The molecule has 140 valence electrons. The standard InChI is InChI=1S/C18H20O.3C2H6/c1-3-9-14(4-2)16-12-8-13-17(18(16)19)15-10-6-5-7-11-15;3*1-2/h3-4,6,8-13,19H,5,7H2,1-2H3;3*1-2H3/b9-3-,14-4+;;;. The molecule has 1 aliphatic carbocycles. The number of benzene rings is 1. The van der Waals surface area contributed by atoms with E-state index in [1.54, 1.807) is 0 Å². The van der Waals surface area contributed by atoms with E-state index in [1.807, 2.05) is 91.8 Å². The summed E-state index contributed by atoms with van der Waals surface area (Å²) >= 11 is 0. The van der Waals surface area contributed by atoms with E-state index < -0.39 is 0 Å². The molecular weight excluding hydrogens is 304 g/mol. The van der Waals surface area contributed by atoms with Gasteiger partial charge in [-0.25, -0.2) is 0 Å². The van der Waals surface area contributed by atoms with Crippen LogP contribution in [0.4, 0.5) is 0 Å². The number of para-hydroxylation sites is 1. The van der Waals surface area contributed by atoms with Gasteiger partial charge in [0.15, 0.2) is 0 Å². The molecular formula is C24H38O. The molecule has 0 fully saturated rings.